The first kappa shape index (κ1) is 21.9. The quantitative estimate of drug-likeness (QED) is 0.607. The van der Waals surface area contributed by atoms with Crippen molar-refractivity contribution < 1.29 is 18.0 Å². The number of pyridine rings is 1. The summed E-state index contributed by atoms with van der Waals surface area (Å²) in [4.78, 5) is 19.4. The van der Waals surface area contributed by atoms with Crippen molar-refractivity contribution in [3.8, 4) is 6.07 Å². The van der Waals surface area contributed by atoms with Crippen LogP contribution in [0.3, 0.4) is 0 Å². The number of rotatable bonds is 7. The molecule has 0 radical (unpaired) electrons. The van der Waals surface area contributed by atoms with Gasteiger partial charge in [0.05, 0.1) is 17.7 Å². The lowest BCUT2D eigenvalue weighted by Gasteiger charge is -2.37. The molecule has 3 rings (SSSR count). The highest BCUT2D eigenvalue weighted by atomic mass is 19.4. The number of nitrogens with zero attached hydrogens (tertiary/aromatic N) is 2. The van der Waals surface area contributed by atoms with Gasteiger partial charge in [0.15, 0.2) is 0 Å². The van der Waals surface area contributed by atoms with E-state index in [1.54, 1.807) is 6.20 Å². The Morgan fingerprint density at radius 1 is 1.43 bits per heavy atom. The van der Waals surface area contributed by atoms with E-state index in [1.807, 2.05) is 13.0 Å². The molecule has 1 aliphatic rings. The first-order chi connectivity index (χ1) is 14.2. The molecule has 0 spiro atoms. The molecule has 2 aromatic heterocycles. The number of H-pyrrole nitrogens is 1. The molecule has 3 N–H and O–H groups in total. The summed E-state index contributed by atoms with van der Waals surface area (Å²) in [6.07, 6.45) is 0.125. The molecule has 162 valence electrons. The number of hydrogen-bond donors (Lipinski definition) is 3. The number of aromatic nitrogens is 2. The maximum absolute atomic E-state index is 12.4. The van der Waals surface area contributed by atoms with E-state index in [1.165, 1.54) is 6.20 Å². The second-order valence-corrected chi connectivity index (χ2v) is 7.96. The van der Waals surface area contributed by atoms with Crippen molar-refractivity contribution in [3.05, 3.63) is 24.0 Å². The zero-order chi connectivity index (χ0) is 21.9. The summed E-state index contributed by atoms with van der Waals surface area (Å²) in [5.74, 6) is -0.377. The molecule has 3 atom stereocenters. The Hall–Kier alpha value is -2.76. The second-order valence-electron chi connectivity index (χ2n) is 7.96. The SMILES string of the molecule is CC[C@@H]1CC(NC(=O)CCC(F)(F)F)C[C@]1(CC)Nc1c(C#N)cnc2[nH]ccc12. The van der Waals surface area contributed by atoms with Crippen molar-refractivity contribution in [2.24, 2.45) is 5.92 Å². The largest absolute Gasteiger partial charge is 0.389 e. The standard InChI is InChI=1S/C21H26F3N5O/c1-3-14-9-15(28-17(30)5-7-21(22,23)24)10-20(14,4-2)29-18-13(11-25)12-27-19-16(18)6-8-26-19/h6,8,12,14-15H,3-5,7,9-10H2,1-2H3,(H,28,30)(H2,26,27,29)/t14-,15?,20+/m1/s1. The molecule has 6 nitrogen and oxygen atoms in total. The number of carbonyl (C=O) groups excluding carboxylic acids is 1. The number of anilines is 1. The Morgan fingerprint density at radius 2 is 2.20 bits per heavy atom. The summed E-state index contributed by atoms with van der Waals surface area (Å²) in [6, 6.07) is 3.84. The molecule has 1 unspecified atom stereocenters. The normalized spacial score (nSPS) is 24.0. The number of halogens is 3. The minimum Gasteiger partial charge on any atom is -0.378 e. The van der Waals surface area contributed by atoms with Gasteiger partial charge in [-0.2, -0.15) is 18.4 Å². The van der Waals surface area contributed by atoms with Crippen LogP contribution < -0.4 is 10.6 Å². The van der Waals surface area contributed by atoms with Crippen molar-refractivity contribution in [1.29, 1.82) is 5.26 Å². The number of alkyl halides is 3. The lowest BCUT2D eigenvalue weighted by molar-refractivity contribution is -0.144. The van der Waals surface area contributed by atoms with Crippen LogP contribution in [0.1, 0.15) is 57.9 Å². The lowest BCUT2D eigenvalue weighted by Crippen LogP contribution is -2.43. The highest BCUT2D eigenvalue weighted by molar-refractivity contribution is 5.92. The van der Waals surface area contributed by atoms with Gasteiger partial charge in [0, 0.05) is 35.8 Å². The van der Waals surface area contributed by atoms with Crippen LogP contribution in [-0.4, -0.2) is 33.6 Å². The summed E-state index contributed by atoms with van der Waals surface area (Å²) in [5.41, 5.74) is 1.43. The van der Waals surface area contributed by atoms with Crippen molar-refractivity contribution in [1.82, 2.24) is 15.3 Å². The predicted molar refractivity (Wildman–Crippen MR) is 108 cm³/mol. The number of aromatic amines is 1. The van der Waals surface area contributed by atoms with Gasteiger partial charge in [-0.05, 0) is 31.2 Å². The van der Waals surface area contributed by atoms with Crippen LogP contribution in [0, 0.1) is 17.2 Å². The van der Waals surface area contributed by atoms with E-state index in [0.717, 1.165) is 18.2 Å². The smallest absolute Gasteiger partial charge is 0.378 e. The molecule has 1 saturated carbocycles. The van der Waals surface area contributed by atoms with Gasteiger partial charge in [0.25, 0.3) is 0 Å². The maximum Gasteiger partial charge on any atom is 0.389 e. The highest BCUT2D eigenvalue weighted by Gasteiger charge is 2.46. The molecule has 0 aliphatic heterocycles. The first-order valence-electron chi connectivity index (χ1n) is 10.2. The lowest BCUT2D eigenvalue weighted by atomic mass is 9.82. The number of hydrogen-bond acceptors (Lipinski definition) is 4. The van der Waals surface area contributed by atoms with Crippen LogP contribution in [0.5, 0.6) is 0 Å². The zero-order valence-corrected chi connectivity index (χ0v) is 17.1. The van der Waals surface area contributed by atoms with Gasteiger partial charge in [-0.1, -0.05) is 20.3 Å². The maximum atomic E-state index is 12.4. The third-order valence-electron chi connectivity index (χ3n) is 6.17. The van der Waals surface area contributed by atoms with Gasteiger partial charge in [0.2, 0.25) is 5.91 Å². The van der Waals surface area contributed by atoms with Gasteiger partial charge in [-0.3, -0.25) is 4.79 Å². The van der Waals surface area contributed by atoms with Crippen molar-refractivity contribution in [2.45, 2.75) is 70.1 Å². The molecule has 0 bridgehead atoms. The van der Waals surface area contributed by atoms with E-state index in [0.29, 0.717) is 29.7 Å². The number of nitriles is 1. The van der Waals surface area contributed by atoms with E-state index >= 15 is 0 Å². The molecular formula is C21H26F3N5O. The number of amides is 1. The summed E-state index contributed by atoms with van der Waals surface area (Å²) in [6.45, 7) is 4.11. The van der Waals surface area contributed by atoms with Crippen LogP contribution in [0.2, 0.25) is 0 Å². The predicted octanol–water partition coefficient (Wildman–Crippen LogP) is 4.64. The van der Waals surface area contributed by atoms with E-state index in [-0.39, 0.29) is 17.5 Å². The van der Waals surface area contributed by atoms with Gasteiger partial charge >= 0.3 is 6.18 Å². The molecule has 30 heavy (non-hydrogen) atoms. The Bertz CT molecular complexity index is 948. The molecule has 2 aromatic rings. The average Bonchev–Trinajstić information content (AvgIpc) is 3.31. The minimum atomic E-state index is -4.34. The fourth-order valence-corrected chi connectivity index (χ4v) is 4.63. The van der Waals surface area contributed by atoms with Crippen LogP contribution in [-0.2, 0) is 4.79 Å². The van der Waals surface area contributed by atoms with Crippen LogP contribution >= 0.6 is 0 Å². The molecule has 0 aromatic carbocycles. The molecule has 1 amide bonds. The average molecular weight is 421 g/mol. The number of nitrogens with one attached hydrogen (secondary N) is 3. The Balaban J connectivity index is 1.82. The Morgan fingerprint density at radius 3 is 2.83 bits per heavy atom. The molecule has 9 heteroatoms. The monoisotopic (exact) mass is 421 g/mol. The number of carbonyl (C=O) groups is 1. The molecule has 1 aliphatic carbocycles. The van der Waals surface area contributed by atoms with E-state index in [4.69, 9.17) is 0 Å². The van der Waals surface area contributed by atoms with Crippen molar-refractivity contribution in [3.63, 3.8) is 0 Å². The summed E-state index contributed by atoms with van der Waals surface area (Å²) in [5, 5.41) is 16.8. The van der Waals surface area contributed by atoms with Crippen LogP contribution in [0.4, 0.5) is 18.9 Å². The van der Waals surface area contributed by atoms with E-state index in [9.17, 15) is 23.2 Å². The topological polar surface area (TPSA) is 93.6 Å². The van der Waals surface area contributed by atoms with E-state index in [2.05, 4.69) is 33.6 Å². The third-order valence-corrected chi connectivity index (χ3v) is 6.17. The van der Waals surface area contributed by atoms with Crippen molar-refractivity contribution in [2.75, 3.05) is 5.32 Å². The highest BCUT2D eigenvalue weighted by Crippen LogP contribution is 2.44. The van der Waals surface area contributed by atoms with Crippen LogP contribution in [0.15, 0.2) is 18.5 Å². The molecule has 0 saturated heterocycles. The van der Waals surface area contributed by atoms with Crippen molar-refractivity contribution >= 4 is 22.6 Å². The number of fused-ring (bicyclic) bond motifs is 1. The molecule has 2 heterocycles. The third kappa shape index (κ3) is 4.53. The summed E-state index contributed by atoms with van der Waals surface area (Å²) in [7, 11) is 0. The van der Waals surface area contributed by atoms with E-state index < -0.39 is 24.9 Å². The van der Waals surface area contributed by atoms with Gasteiger partial charge < -0.3 is 15.6 Å². The van der Waals surface area contributed by atoms with Gasteiger partial charge in [0.1, 0.15) is 11.7 Å². The minimum absolute atomic E-state index is 0.198. The van der Waals surface area contributed by atoms with Gasteiger partial charge in [-0.25, -0.2) is 4.98 Å². The summed E-state index contributed by atoms with van der Waals surface area (Å²) < 4.78 is 37.2. The Labute approximate surface area is 173 Å². The van der Waals surface area contributed by atoms with Gasteiger partial charge in [-0.15, -0.1) is 0 Å². The summed E-state index contributed by atoms with van der Waals surface area (Å²) >= 11 is 0. The Kier molecular flexibility index (Phi) is 6.25. The first-order valence-corrected chi connectivity index (χ1v) is 10.2. The fraction of sp³-hybridized carbons (Fsp3) is 0.571. The molecule has 1 fully saturated rings. The zero-order valence-electron chi connectivity index (χ0n) is 17.1. The second kappa shape index (κ2) is 8.54. The molecular weight excluding hydrogens is 395 g/mol. The van der Waals surface area contributed by atoms with Crippen LogP contribution in [0.25, 0.3) is 11.0 Å². The fourth-order valence-electron chi connectivity index (χ4n) is 4.63.